The third kappa shape index (κ3) is 3.28. The fourth-order valence-electron chi connectivity index (χ4n) is 3.35. The molecule has 0 unspecified atom stereocenters. The highest BCUT2D eigenvalue weighted by molar-refractivity contribution is 7.25. The van der Waals surface area contributed by atoms with Crippen LogP contribution in [0.4, 0.5) is 0 Å². The summed E-state index contributed by atoms with van der Waals surface area (Å²) in [4.78, 5) is 8.00. The molecule has 0 aliphatic heterocycles. The van der Waals surface area contributed by atoms with Crippen LogP contribution in [-0.2, 0) is 4.79 Å². The van der Waals surface area contributed by atoms with Gasteiger partial charge in [0.15, 0.2) is 0 Å². The Bertz CT molecular complexity index is 1150. The van der Waals surface area contributed by atoms with Gasteiger partial charge in [-0.25, -0.2) is 0 Å². The van der Waals surface area contributed by atoms with Crippen LogP contribution < -0.4 is 0 Å². The van der Waals surface area contributed by atoms with Crippen molar-refractivity contribution in [2.24, 2.45) is 0 Å². The third-order valence-corrected chi connectivity index (χ3v) is 5.72. The second-order valence-electron chi connectivity index (χ2n) is 6.19. The summed E-state index contributed by atoms with van der Waals surface area (Å²) in [6.45, 7) is 2.00. The number of rotatable bonds is 0. The molecule has 2 heterocycles. The van der Waals surface area contributed by atoms with Crippen molar-refractivity contribution in [2.45, 2.75) is 0 Å². The van der Waals surface area contributed by atoms with Crippen LogP contribution in [0, 0.1) is 0 Å². The molecule has 0 aliphatic carbocycles. The number of hydrogen-bond acceptors (Lipinski definition) is 3. The highest BCUT2D eigenvalue weighted by Gasteiger charge is 2.03. The topological polar surface area (TPSA) is 30.2 Å². The van der Waals surface area contributed by atoms with Crippen molar-refractivity contribution in [3.05, 3.63) is 97.1 Å². The molecule has 6 rings (SSSR count). The van der Waals surface area contributed by atoms with E-state index >= 15 is 0 Å². The smallest absolute Gasteiger partial charge is 0.135 e. The Morgan fingerprint density at radius 1 is 0.500 bits per heavy atom. The van der Waals surface area contributed by atoms with Crippen LogP contribution in [0.3, 0.4) is 0 Å². The van der Waals surface area contributed by atoms with Crippen molar-refractivity contribution in [3.63, 3.8) is 0 Å². The molecule has 28 heavy (non-hydrogen) atoms. The molecule has 0 bridgehead atoms. The van der Waals surface area contributed by atoms with Crippen molar-refractivity contribution in [3.8, 4) is 0 Å². The predicted molar refractivity (Wildman–Crippen MR) is 120 cm³/mol. The molecule has 136 valence electrons. The average Bonchev–Trinajstić information content (AvgIpc) is 3.34. The summed E-state index contributed by atoms with van der Waals surface area (Å²) in [5.41, 5.74) is 1.92. The molecule has 2 nitrogen and oxygen atoms in total. The van der Waals surface area contributed by atoms with Gasteiger partial charge in [0.25, 0.3) is 0 Å². The minimum absolute atomic E-state index is 0.962. The van der Waals surface area contributed by atoms with Crippen molar-refractivity contribution >= 4 is 60.2 Å². The highest BCUT2D eigenvalue weighted by Crippen LogP contribution is 2.33. The van der Waals surface area contributed by atoms with E-state index in [2.05, 4.69) is 60.7 Å². The van der Waals surface area contributed by atoms with Gasteiger partial charge in [-0.3, -0.25) is 0 Å². The molecule has 0 fully saturated rings. The van der Waals surface area contributed by atoms with Crippen LogP contribution in [0.5, 0.6) is 0 Å². The summed E-state index contributed by atoms with van der Waals surface area (Å²) in [6, 6.07) is 33.3. The third-order valence-electron chi connectivity index (χ3n) is 4.57. The first-order chi connectivity index (χ1) is 13.9. The van der Waals surface area contributed by atoms with Gasteiger partial charge in [-0.05, 0) is 24.3 Å². The monoisotopic (exact) mass is 382 g/mol. The maximum absolute atomic E-state index is 8.00. The maximum atomic E-state index is 8.00. The average molecular weight is 382 g/mol. The van der Waals surface area contributed by atoms with E-state index < -0.39 is 0 Å². The van der Waals surface area contributed by atoms with Gasteiger partial charge in [0.2, 0.25) is 0 Å². The molecule has 6 aromatic rings. The molecule has 0 aliphatic rings. The summed E-state index contributed by atoms with van der Waals surface area (Å²) < 4.78 is 8.41. The summed E-state index contributed by atoms with van der Waals surface area (Å²) in [5, 5.41) is 5.14. The first-order valence-electron chi connectivity index (χ1n) is 8.91. The minimum Gasteiger partial charge on any atom is -0.456 e. The van der Waals surface area contributed by atoms with E-state index in [1.165, 1.54) is 30.9 Å². The number of furan rings is 1. The van der Waals surface area contributed by atoms with Crippen LogP contribution in [-0.4, -0.2) is 6.79 Å². The number of carbonyl (C=O) groups is 1. The molecule has 4 aromatic carbocycles. The standard InChI is InChI=1S/C12H8O.C12H8S.CH2O/c2*1-3-7-11-9(5-1)10-6-2-4-8-12(10)13-11;1-2/h2*1-8H;1H2. The Kier molecular flexibility index (Phi) is 5.18. The van der Waals surface area contributed by atoms with E-state index in [1.54, 1.807) is 0 Å². The summed E-state index contributed by atoms with van der Waals surface area (Å²) in [5.74, 6) is 0. The Morgan fingerprint density at radius 2 is 0.857 bits per heavy atom. The Morgan fingerprint density at radius 3 is 1.32 bits per heavy atom. The molecule has 0 spiro atoms. The predicted octanol–water partition coefficient (Wildman–Crippen LogP) is 7.46. The first kappa shape index (κ1) is 18.0. The van der Waals surface area contributed by atoms with Crippen LogP contribution in [0.25, 0.3) is 42.1 Å². The molecule has 3 heteroatoms. The molecule has 2 aromatic heterocycles. The van der Waals surface area contributed by atoms with E-state index in [0.29, 0.717) is 0 Å². The molecule has 0 amide bonds. The number of benzene rings is 4. The quantitative estimate of drug-likeness (QED) is 0.273. The molecule has 0 radical (unpaired) electrons. The lowest BCUT2D eigenvalue weighted by molar-refractivity contribution is -0.0979. The number of thiophene rings is 1. The van der Waals surface area contributed by atoms with Gasteiger partial charge < -0.3 is 9.21 Å². The molecular weight excluding hydrogens is 364 g/mol. The SMILES string of the molecule is C=O.c1ccc2c(c1)oc1ccccc12.c1ccc2c(c1)sc1ccccc12. The van der Waals surface area contributed by atoms with Gasteiger partial charge in [-0.1, -0.05) is 72.8 Å². The summed E-state index contributed by atoms with van der Waals surface area (Å²) in [6.07, 6.45) is 0. The van der Waals surface area contributed by atoms with Gasteiger partial charge >= 0.3 is 0 Å². The zero-order valence-electron chi connectivity index (χ0n) is 15.2. The summed E-state index contributed by atoms with van der Waals surface area (Å²) >= 11 is 1.86. The molecule has 0 N–H and O–H groups in total. The van der Waals surface area contributed by atoms with E-state index in [-0.39, 0.29) is 0 Å². The van der Waals surface area contributed by atoms with E-state index in [0.717, 1.165) is 11.2 Å². The largest absolute Gasteiger partial charge is 0.456 e. The number of carbonyl (C=O) groups excluding carboxylic acids is 1. The first-order valence-corrected chi connectivity index (χ1v) is 9.73. The normalized spacial score (nSPS) is 10.4. The lowest BCUT2D eigenvalue weighted by Gasteiger charge is -1.88. The van der Waals surface area contributed by atoms with Crippen molar-refractivity contribution in [2.75, 3.05) is 0 Å². The Balaban J connectivity index is 0.000000126. The van der Waals surface area contributed by atoms with Crippen molar-refractivity contribution < 1.29 is 9.21 Å². The van der Waals surface area contributed by atoms with Crippen LogP contribution in [0.15, 0.2) is 101 Å². The second-order valence-corrected chi connectivity index (χ2v) is 7.27. The van der Waals surface area contributed by atoms with Gasteiger partial charge in [-0.15, -0.1) is 11.3 Å². The fourth-order valence-corrected chi connectivity index (χ4v) is 4.46. The van der Waals surface area contributed by atoms with E-state index in [4.69, 9.17) is 9.21 Å². The van der Waals surface area contributed by atoms with Gasteiger partial charge in [0.05, 0.1) is 0 Å². The molecule has 0 atom stereocenters. The number of fused-ring (bicyclic) bond motifs is 6. The molecule has 0 saturated heterocycles. The lowest BCUT2D eigenvalue weighted by atomic mass is 10.2. The summed E-state index contributed by atoms with van der Waals surface area (Å²) in [7, 11) is 0. The minimum atomic E-state index is 0.962. The van der Waals surface area contributed by atoms with E-state index in [1.807, 2.05) is 54.5 Å². The van der Waals surface area contributed by atoms with Crippen LogP contribution in [0.2, 0.25) is 0 Å². The molecule has 0 saturated carbocycles. The van der Waals surface area contributed by atoms with E-state index in [9.17, 15) is 0 Å². The van der Waals surface area contributed by atoms with Crippen molar-refractivity contribution in [1.82, 2.24) is 0 Å². The van der Waals surface area contributed by atoms with Crippen LogP contribution in [0.1, 0.15) is 0 Å². The number of para-hydroxylation sites is 2. The highest BCUT2D eigenvalue weighted by atomic mass is 32.1. The Hall–Kier alpha value is -3.43. The lowest BCUT2D eigenvalue weighted by Crippen LogP contribution is -1.62. The number of hydrogen-bond donors (Lipinski definition) is 0. The fraction of sp³-hybridized carbons (Fsp3) is 0. The molecular formula is C25H18O2S. The van der Waals surface area contributed by atoms with Crippen LogP contribution >= 0.6 is 11.3 Å². The maximum Gasteiger partial charge on any atom is 0.135 e. The second kappa shape index (κ2) is 8.07. The van der Waals surface area contributed by atoms with Crippen molar-refractivity contribution in [1.29, 1.82) is 0 Å². The zero-order chi connectivity index (χ0) is 19.3. The Labute approximate surface area is 166 Å². The van der Waals surface area contributed by atoms with Gasteiger partial charge in [0.1, 0.15) is 18.0 Å². The zero-order valence-corrected chi connectivity index (χ0v) is 16.0. The van der Waals surface area contributed by atoms with Gasteiger partial charge in [-0.2, -0.15) is 0 Å². The van der Waals surface area contributed by atoms with Gasteiger partial charge in [0, 0.05) is 30.9 Å².